The van der Waals surface area contributed by atoms with Crippen molar-refractivity contribution in [2.24, 2.45) is 5.16 Å². The van der Waals surface area contributed by atoms with Crippen molar-refractivity contribution in [1.29, 1.82) is 5.26 Å². The Bertz CT molecular complexity index is 946. The third-order valence-corrected chi connectivity index (χ3v) is 4.62. The number of ether oxygens (including phenoxy) is 2. The van der Waals surface area contributed by atoms with Gasteiger partial charge in [0.05, 0.1) is 14.2 Å². The van der Waals surface area contributed by atoms with Crippen LogP contribution in [-0.2, 0) is 14.4 Å². The number of hydrogen-bond acceptors (Lipinski definition) is 7. The highest BCUT2D eigenvalue weighted by Gasteiger charge is 2.19. The number of hydrogen-bond donors (Lipinski definition) is 0. The summed E-state index contributed by atoms with van der Waals surface area (Å²) in [5.74, 6) is 0.849. The first-order valence-electron chi connectivity index (χ1n) is 7.12. The third-order valence-electron chi connectivity index (χ3n) is 3.35. The summed E-state index contributed by atoms with van der Waals surface area (Å²) in [6, 6.07) is 12.8. The second-order valence-corrected chi connectivity index (χ2v) is 6.41. The monoisotopic (exact) mass is 360 g/mol. The second-order valence-electron chi connectivity index (χ2n) is 4.92. The van der Waals surface area contributed by atoms with E-state index in [9.17, 15) is 13.7 Å². The average Bonchev–Trinajstić information content (AvgIpc) is 2.62. The highest BCUT2D eigenvalue weighted by molar-refractivity contribution is 7.86. The van der Waals surface area contributed by atoms with Crippen molar-refractivity contribution < 1.29 is 22.2 Å². The highest BCUT2D eigenvalue weighted by Crippen LogP contribution is 2.28. The Labute approximate surface area is 146 Å². The molecule has 0 fully saturated rings. The van der Waals surface area contributed by atoms with Gasteiger partial charge >= 0.3 is 10.1 Å². The van der Waals surface area contributed by atoms with E-state index in [2.05, 4.69) is 5.16 Å². The molecule has 0 aromatic heterocycles. The van der Waals surface area contributed by atoms with E-state index in [1.165, 1.54) is 26.4 Å². The van der Waals surface area contributed by atoms with Gasteiger partial charge in [0.15, 0.2) is 17.2 Å². The summed E-state index contributed by atoms with van der Waals surface area (Å²) in [5.41, 5.74) is 0.639. The third kappa shape index (κ3) is 4.08. The van der Waals surface area contributed by atoms with Crippen LogP contribution in [0.15, 0.2) is 52.5 Å². The minimum Gasteiger partial charge on any atom is -0.493 e. The van der Waals surface area contributed by atoms with E-state index in [4.69, 9.17) is 13.8 Å². The van der Waals surface area contributed by atoms with Gasteiger partial charge in [0, 0.05) is 5.56 Å². The smallest absolute Gasteiger partial charge is 0.358 e. The molecule has 2 rings (SSSR count). The van der Waals surface area contributed by atoms with Crippen LogP contribution in [0.5, 0.6) is 11.5 Å². The van der Waals surface area contributed by atoms with Gasteiger partial charge in [-0.25, -0.2) is 0 Å². The molecule has 0 aliphatic carbocycles. The molecule has 2 aromatic carbocycles. The van der Waals surface area contributed by atoms with Gasteiger partial charge in [-0.05, 0) is 36.8 Å². The maximum Gasteiger partial charge on any atom is 0.358 e. The van der Waals surface area contributed by atoms with Crippen molar-refractivity contribution in [2.45, 2.75) is 11.8 Å². The predicted octanol–water partition coefficient (Wildman–Crippen LogP) is 2.65. The lowest BCUT2D eigenvalue weighted by molar-refractivity contribution is 0.339. The van der Waals surface area contributed by atoms with Crippen LogP contribution in [0, 0.1) is 18.3 Å². The number of nitriles is 1. The lowest BCUT2D eigenvalue weighted by Crippen LogP contribution is -2.07. The van der Waals surface area contributed by atoms with E-state index in [0.717, 1.165) is 0 Å². The molecule has 7 nitrogen and oxygen atoms in total. The van der Waals surface area contributed by atoms with Crippen LogP contribution in [0.1, 0.15) is 11.1 Å². The zero-order valence-electron chi connectivity index (χ0n) is 13.9. The molecule has 0 heterocycles. The Morgan fingerprint density at radius 1 is 1.08 bits per heavy atom. The van der Waals surface area contributed by atoms with Gasteiger partial charge in [0.1, 0.15) is 11.0 Å². The summed E-state index contributed by atoms with van der Waals surface area (Å²) in [4.78, 5) is -0.0108. The Morgan fingerprint density at radius 2 is 1.76 bits per heavy atom. The summed E-state index contributed by atoms with van der Waals surface area (Å²) in [6.45, 7) is 1.64. The number of rotatable bonds is 6. The Hall–Kier alpha value is -3.05. The van der Waals surface area contributed by atoms with Gasteiger partial charge in [0.2, 0.25) is 0 Å². The number of methoxy groups -OCH3 is 2. The van der Waals surface area contributed by atoms with E-state index in [1.54, 1.807) is 37.3 Å². The number of benzene rings is 2. The molecule has 0 atom stereocenters. The van der Waals surface area contributed by atoms with Crippen LogP contribution in [-0.4, -0.2) is 28.3 Å². The molecule has 0 N–H and O–H groups in total. The van der Waals surface area contributed by atoms with E-state index in [0.29, 0.717) is 22.6 Å². The fourth-order valence-corrected chi connectivity index (χ4v) is 3.05. The van der Waals surface area contributed by atoms with Crippen LogP contribution in [0.3, 0.4) is 0 Å². The van der Waals surface area contributed by atoms with Gasteiger partial charge in [0.25, 0.3) is 0 Å². The van der Waals surface area contributed by atoms with Crippen molar-refractivity contribution in [1.82, 2.24) is 0 Å². The van der Waals surface area contributed by atoms with Crippen molar-refractivity contribution >= 4 is 15.8 Å². The maximum absolute atomic E-state index is 12.2. The summed E-state index contributed by atoms with van der Waals surface area (Å²) >= 11 is 0. The summed E-state index contributed by atoms with van der Waals surface area (Å²) in [5, 5.41) is 12.8. The quantitative estimate of drug-likeness (QED) is 0.580. The second kappa shape index (κ2) is 7.68. The van der Waals surface area contributed by atoms with Crippen molar-refractivity contribution in [3.63, 3.8) is 0 Å². The van der Waals surface area contributed by atoms with E-state index < -0.39 is 10.1 Å². The molecule has 0 saturated heterocycles. The summed E-state index contributed by atoms with van der Waals surface area (Å²) in [6.07, 6.45) is 0. The topological polar surface area (TPSA) is 98.0 Å². The van der Waals surface area contributed by atoms with Crippen LogP contribution in [0.2, 0.25) is 0 Å². The Kier molecular flexibility index (Phi) is 5.62. The normalized spacial score (nSPS) is 11.5. The minimum atomic E-state index is -4.13. The van der Waals surface area contributed by atoms with Gasteiger partial charge in [-0.1, -0.05) is 23.4 Å². The Balaban J connectivity index is 2.36. The first-order chi connectivity index (χ1) is 11.9. The lowest BCUT2D eigenvalue weighted by Gasteiger charge is -2.08. The molecule has 0 amide bonds. The Morgan fingerprint density at radius 3 is 2.36 bits per heavy atom. The van der Waals surface area contributed by atoms with E-state index in [1.807, 2.05) is 6.07 Å². The van der Waals surface area contributed by atoms with Gasteiger partial charge in [-0.2, -0.15) is 13.7 Å². The zero-order chi connectivity index (χ0) is 18.4. The molecule has 2 aromatic rings. The van der Waals surface area contributed by atoms with E-state index in [-0.39, 0.29) is 10.6 Å². The van der Waals surface area contributed by atoms with Crippen molar-refractivity contribution in [2.75, 3.05) is 14.2 Å². The van der Waals surface area contributed by atoms with Crippen molar-refractivity contribution in [3.05, 3.63) is 53.6 Å². The van der Waals surface area contributed by atoms with E-state index >= 15 is 0 Å². The molecule has 8 heteroatoms. The molecular formula is C17H16N2O5S. The largest absolute Gasteiger partial charge is 0.493 e. The standard InChI is InChI=1S/C17H16N2O5S/c1-12-6-4-5-7-17(12)25(20,21)24-19-14(11-18)13-8-9-15(22-2)16(10-13)23-3/h4-10H,1-3H3. The minimum absolute atomic E-state index is 0.0108. The number of nitrogens with zero attached hydrogens (tertiary/aromatic N) is 2. The predicted molar refractivity (Wildman–Crippen MR) is 91.1 cm³/mol. The molecule has 0 spiro atoms. The SMILES string of the molecule is COc1ccc(C(C#N)=NOS(=O)(=O)c2ccccc2C)cc1OC. The molecule has 0 saturated carbocycles. The number of aryl methyl sites for hydroxylation is 1. The fourth-order valence-electron chi connectivity index (χ4n) is 2.08. The van der Waals surface area contributed by atoms with Crippen molar-refractivity contribution in [3.8, 4) is 17.6 Å². The molecule has 25 heavy (non-hydrogen) atoms. The van der Waals surface area contributed by atoms with Gasteiger partial charge in [-0.15, -0.1) is 0 Å². The first kappa shape index (κ1) is 18.3. The van der Waals surface area contributed by atoms with Crippen LogP contribution in [0.4, 0.5) is 0 Å². The molecule has 130 valence electrons. The number of oxime groups is 1. The highest BCUT2D eigenvalue weighted by atomic mass is 32.2. The molecule has 0 unspecified atom stereocenters. The van der Waals surface area contributed by atoms with Crippen LogP contribution in [0.25, 0.3) is 0 Å². The molecular weight excluding hydrogens is 344 g/mol. The summed E-state index contributed by atoms with van der Waals surface area (Å²) < 4.78 is 39.5. The summed E-state index contributed by atoms with van der Waals surface area (Å²) in [7, 11) is -1.20. The van der Waals surface area contributed by atoms with Gasteiger partial charge < -0.3 is 9.47 Å². The molecule has 0 aliphatic heterocycles. The first-order valence-corrected chi connectivity index (χ1v) is 8.53. The van der Waals surface area contributed by atoms with Crippen LogP contribution < -0.4 is 9.47 Å². The maximum atomic E-state index is 12.2. The lowest BCUT2D eigenvalue weighted by atomic mass is 10.1. The average molecular weight is 360 g/mol. The van der Waals surface area contributed by atoms with Crippen LogP contribution >= 0.6 is 0 Å². The molecule has 0 bridgehead atoms. The van der Waals surface area contributed by atoms with Gasteiger partial charge in [-0.3, -0.25) is 4.28 Å². The fraction of sp³-hybridized carbons (Fsp3) is 0.176. The zero-order valence-corrected chi connectivity index (χ0v) is 14.7. The molecule has 0 radical (unpaired) electrons. The molecule has 0 aliphatic rings.